The van der Waals surface area contributed by atoms with Gasteiger partial charge in [-0.3, -0.25) is 4.79 Å². The van der Waals surface area contributed by atoms with Gasteiger partial charge in [0.2, 0.25) is 0 Å². The zero-order chi connectivity index (χ0) is 16.4. The van der Waals surface area contributed by atoms with Crippen LogP contribution in [0.15, 0.2) is 23.8 Å². The highest BCUT2D eigenvalue weighted by molar-refractivity contribution is 5.91. The van der Waals surface area contributed by atoms with Gasteiger partial charge in [0.15, 0.2) is 0 Å². The Morgan fingerprint density at radius 3 is 2.68 bits per heavy atom. The Morgan fingerprint density at radius 2 is 2.09 bits per heavy atom. The second-order valence-corrected chi connectivity index (χ2v) is 6.12. The zero-order valence-corrected chi connectivity index (χ0v) is 13.3. The third-order valence-electron chi connectivity index (χ3n) is 4.44. The summed E-state index contributed by atoms with van der Waals surface area (Å²) in [5.74, 6) is -0.828. The second-order valence-electron chi connectivity index (χ2n) is 6.12. The van der Waals surface area contributed by atoms with Crippen LogP contribution in [0.5, 0.6) is 0 Å². The minimum atomic E-state index is -0.395. The van der Waals surface area contributed by atoms with Gasteiger partial charge < -0.3 is 14.3 Å². The van der Waals surface area contributed by atoms with Gasteiger partial charge in [0.05, 0.1) is 0 Å². The van der Waals surface area contributed by atoms with E-state index >= 15 is 0 Å². The number of esters is 2. The highest BCUT2D eigenvalue weighted by Crippen LogP contribution is 2.40. The molecule has 0 unspecified atom stereocenters. The van der Waals surface area contributed by atoms with Crippen molar-refractivity contribution in [2.45, 2.75) is 52.2 Å². The molecule has 0 saturated carbocycles. The van der Waals surface area contributed by atoms with Crippen LogP contribution < -0.4 is 0 Å². The number of ether oxygens (including phenoxy) is 2. The highest BCUT2D eigenvalue weighted by atomic mass is 16.6. The number of Topliss-reactive ketones (excluding diaryl/α,β-unsaturated/α-hetero) is 1. The molecule has 1 aliphatic heterocycles. The summed E-state index contributed by atoms with van der Waals surface area (Å²) in [6, 6.07) is 0. The summed E-state index contributed by atoms with van der Waals surface area (Å²) in [7, 11) is 0. The van der Waals surface area contributed by atoms with Crippen molar-refractivity contribution in [1.82, 2.24) is 0 Å². The molecule has 1 aliphatic carbocycles. The van der Waals surface area contributed by atoms with Gasteiger partial charge in [-0.15, -0.1) is 0 Å². The number of hydrogen-bond acceptors (Lipinski definition) is 5. The molecule has 1 saturated heterocycles. The smallest absolute Gasteiger partial charge is 0.334 e. The molecule has 2 aliphatic rings. The van der Waals surface area contributed by atoms with Crippen LogP contribution in [-0.2, 0) is 23.9 Å². The van der Waals surface area contributed by atoms with Crippen LogP contribution in [0.4, 0.5) is 0 Å². The summed E-state index contributed by atoms with van der Waals surface area (Å²) in [4.78, 5) is 34.3. The standard InChI is InChI=1S/C17H22O5/c1-9(18)5-6-13-7-16-14(11(3)17(20)22-16)8-15(10(13)2)21-12(4)19/h7,10,14-16H,3,5-6,8H2,1-2,4H3/t10-,14+,15-,16-/m1/s1. The predicted octanol–water partition coefficient (Wildman–Crippen LogP) is 2.35. The van der Waals surface area contributed by atoms with E-state index in [2.05, 4.69) is 6.58 Å². The number of rotatable bonds is 4. The van der Waals surface area contributed by atoms with E-state index in [0.717, 1.165) is 5.57 Å². The van der Waals surface area contributed by atoms with Crippen molar-refractivity contribution in [3.63, 3.8) is 0 Å². The lowest BCUT2D eigenvalue weighted by molar-refractivity contribution is -0.149. The third kappa shape index (κ3) is 3.46. The van der Waals surface area contributed by atoms with Crippen molar-refractivity contribution in [3.8, 4) is 0 Å². The molecule has 2 rings (SSSR count). The van der Waals surface area contributed by atoms with Gasteiger partial charge in [-0.2, -0.15) is 0 Å². The molecule has 22 heavy (non-hydrogen) atoms. The average molecular weight is 306 g/mol. The van der Waals surface area contributed by atoms with E-state index in [-0.39, 0.29) is 35.8 Å². The van der Waals surface area contributed by atoms with Crippen molar-refractivity contribution >= 4 is 17.7 Å². The van der Waals surface area contributed by atoms with Gasteiger partial charge in [-0.25, -0.2) is 4.79 Å². The summed E-state index contributed by atoms with van der Waals surface area (Å²) in [6.45, 7) is 8.70. The Bertz CT molecular complexity index is 545. The fraction of sp³-hybridized carbons (Fsp3) is 0.588. The summed E-state index contributed by atoms with van der Waals surface area (Å²) < 4.78 is 10.8. The molecule has 0 radical (unpaired) electrons. The molecule has 0 amide bonds. The van der Waals surface area contributed by atoms with Gasteiger partial charge in [0.25, 0.3) is 0 Å². The number of hydrogen-bond donors (Lipinski definition) is 0. The van der Waals surface area contributed by atoms with Crippen molar-refractivity contribution in [3.05, 3.63) is 23.8 Å². The van der Waals surface area contributed by atoms with Crippen LogP contribution in [0.1, 0.15) is 40.0 Å². The topological polar surface area (TPSA) is 69.7 Å². The molecule has 0 bridgehead atoms. The average Bonchev–Trinajstić information content (AvgIpc) is 2.61. The molecule has 0 aromatic rings. The Labute approximate surface area is 130 Å². The fourth-order valence-corrected chi connectivity index (χ4v) is 3.11. The first-order valence-corrected chi connectivity index (χ1v) is 7.56. The van der Waals surface area contributed by atoms with E-state index in [1.807, 2.05) is 13.0 Å². The van der Waals surface area contributed by atoms with Gasteiger partial charge in [-0.1, -0.05) is 19.1 Å². The molecule has 0 spiro atoms. The van der Waals surface area contributed by atoms with Crippen LogP contribution in [0.2, 0.25) is 0 Å². The molecule has 0 N–H and O–H groups in total. The first-order chi connectivity index (χ1) is 10.3. The number of fused-ring (bicyclic) bond motifs is 1. The predicted molar refractivity (Wildman–Crippen MR) is 79.8 cm³/mol. The van der Waals surface area contributed by atoms with Crippen LogP contribution in [0.25, 0.3) is 0 Å². The fourth-order valence-electron chi connectivity index (χ4n) is 3.11. The van der Waals surface area contributed by atoms with Crippen molar-refractivity contribution < 1.29 is 23.9 Å². The van der Waals surface area contributed by atoms with Crippen LogP contribution in [0, 0.1) is 11.8 Å². The quantitative estimate of drug-likeness (QED) is 0.453. The third-order valence-corrected chi connectivity index (χ3v) is 4.44. The minimum absolute atomic E-state index is 0.0136. The molecule has 4 atom stereocenters. The first-order valence-electron chi connectivity index (χ1n) is 7.56. The molecular formula is C17H22O5. The van der Waals surface area contributed by atoms with Gasteiger partial charge in [0, 0.05) is 30.8 Å². The van der Waals surface area contributed by atoms with E-state index in [4.69, 9.17) is 9.47 Å². The summed E-state index contributed by atoms with van der Waals surface area (Å²) >= 11 is 0. The minimum Gasteiger partial charge on any atom is -0.462 e. The van der Waals surface area contributed by atoms with Gasteiger partial charge in [-0.05, 0) is 25.8 Å². The Hall–Kier alpha value is -1.91. The molecule has 5 nitrogen and oxygen atoms in total. The highest BCUT2D eigenvalue weighted by Gasteiger charge is 2.43. The van der Waals surface area contributed by atoms with E-state index in [1.54, 1.807) is 6.92 Å². The number of ketones is 1. The van der Waals surface area contributed by atoms with E-state index in [9.17, 15) is 14.4 Å². The Balaban J connectivity index is 2.28. The summed E-state index contributed by atoms with van der Waals surface area (Å²) in [5, 5.41) is 0. The SMILES string of the molecule is C=C1C(=O)O[C@@H]2C=C(CCC(C)=O)[C@@H](C)[C@H](OC(C)=O)C[C@@H]12. The molecular weight excluding hydrogens is 284 g/mol. The molecule has 0 aromatic heterocycles. The first kappa shape index (κ1) is 16.5. The van der Waals surface area contributed by atoms with E-state index < -0.39 is 5.97 Å². The maximum absolute atomic E-state index is 11.7. The summed E-state index contributed by atoms with van der Waals surface area (Å²) in [6.07, 6.45) is 2.73. The summed E-state index contributed by atoms with van der Waals surface area (Å²) in [5.41, 5.74) is 1.43. The van der Waals surface area contributed by atoms with Crippen molar-refractivity contribution in [2.75, 3.05) is 0 Å². The lowest BCUT2D eigenvalue weighted by Crippen LogP contribution is -2.28. The largest absolute Gasteiger partial charge is 0.462 e. The normalized spacial score (nSPS) is 31.0. The Kier molecular flexibility index (Phi) is 4.84. The van der Waals surface area contributed by atoms with Gasteiger partial charge in [0.1, 0.15) is 18.0 Å². The van der Waals surface area contributed by atoms with E-state index in [0.29, 0.717) is 24.8 Å². The van der Waals surface area contributed by atoms with Crippen LogP contribution in [-0.4, -0.2) is 29.9 Å². The molecule has 5 heteroatoms. The zero-order valence-electron chi connectivity index (χ0n) is 13.3. The lowest BCUT2D eigenvalue weighted by atomic mass is 9.88. The number of carbonyl (C=O) groups excluding carboxylic acids is 3. The molecule has 0 aromatic carbocycles. The monoisotopic (exact) mass is 306 g/mol. The maximum Gasteiger partial charge on any atom is 0.334 e. The number of carbonyl (C=O) groups is 3. The molecule has 1 fully saturated rings. The lowest BCUT2D eigenvalue weighted by Gasteiger charge is -2.25. The van der Waals surface area contributed by atoms with Crippen molar-refractivity contribution in [2.24, 2.45) is 11.8 Å². The second kappa shape index (κ2) is 6.46. The van der Waals surface area contributed by atoms with Gasteiger partial charge >= 0.3 is 11.9 Å². The molecule has 1 heterocycles. The van der Waals surface area contributed by atoms with E-state index in [1.165, 1.54) is 6.92 Å². The van der Waals surface area contributed by atoms with Crippen LogP contribution >= 0.6 is 0 Å². The van der Waals surface area contributed by atoms with Crippen molar-refractivity contribution in [1.29, 1.82) is 0 Å². The van der Waals surface area contributed by atoms with Crippen LogP contribution in [0.3, 0.4) is 0 Å². The molecule has 120 valence electrons. The Morgan fingerprint density at radius 1 is 1.41 bits per heavy atom. The maximum atomic E-state index is 11.7.